The molecule has 0 aliphatic heterocycles. The van der Waals surface area contributed by atoms with Gasteiger partial charge < -0.3 is 5.32 Å². The van der Waals surface area contributed by atoms with E-state index in [-0.39, 0.29) is 11.3 Å². The molecule has 1 heterocycles. The van der Waals surface area contributed by atoms with Gasteiger partial charge in [0.1, 0.15) is 0 Å². The van der Waals surface area contributed by atoms with Crippen LogP contribution >= 0.6 is 0 Å². The molecule has 0 atom stereocenters. The van der Waals surface area contributed by atoms with Crippen molar-refractivity contribution in [2.45, 2.75) is 26.2 Å². The van der Waals surface area contributed by atoms with E-state index in [1.165, 1.54) is 18.3 Å². The molecule has 0 fully saturated rings. The summed E-state index contributed by atoms with van der Waals surface area (Å²) in [5.41, 5.74) is 2.05. The highest BCUT2D eigenvalue weighted by Crippen LogP contribution is 2.29. The molecule has 0 spiro atoms. The Kier molecular flexibility index (Phi) is 3.84. The second-order valence-corrected chi connectivity index (χ2v) is 5.62. The van der Waals surface area contributed by atoms with E-state index < -0.39 is 5.95 Å². The molecule has 1 aromatic heterocycles. The summed E-state index contributed by atoms with van der Waals surface area (Å²) in [5, 5.41) is 2.85. The molecule has 1 aromatic carbocycles. The predicted octanol–water partition coefficient (Wildman–Crippen LogP) is 3.77. The lowest BCUT2D eigenvalue weighted by Gasteiger charge is -2.23. The summed E-state index contributed by atoms with van der Waals surface area (Å²) >= 11 is 0. The minimum Gasteiger partial charge on any atom is -0.322 e. The fraction of sp³-hybridized carbons (Fsp3) is 0.250. The van der Waals surface area contributed by atoms with Gasteiger partial charge in [-0.05, 0) is 29.2 Å². The quantitative estimate of drug-likeness (QED) is 0.845. The monoisotopic (exact) mass is 272 g/mol. The molecule has 0 unspecified atom stereocenters. The summed E-state index contributed by atoms with van der Waals surface area (Å²) in [6.07, 6.45) is 1.23. The van der Waals surface area contributed by atoms with E-state index in [4.69, 9.17) is 0 Å². The van der Waals surface area contributed by atoms with Crippen LogP contribution in [0, 0.1) is 5.95 Å². The molecule has 1 amide bonds. The Morgan fingerprint density at radius 2 is 1.85 bits per heavy atom. The Hall–Kier alpha value is -2.23. The summed E-state index contributed by atoms with van der Waals surface area (Å²) in [7, 11) is 0. The first-order chi connectivity index (χ1) is 9.38. The minimum atomic E-state index is -0.600. The van der Waals surface area contributed by atoms with E-state index in [2.05, 4.69) is 31.1 Å². The molecule has 0 aliphatic carbocycles. The van der Waals surface area contributed by atoms with Crippen LogP contribution in [-0.2, 0) is 5.41 Å². The molecule has 1 N–H and O–H groups in total. The van der Waals surface area contributed by atoms with Gasteiger partial charge in [-0.2, -0.15) is 4.39 Å². The first kappa shape index (κ1) is 14.2. The molecule has 20 heavy (non-hydrogen) atoms. The third-order valence-electron chi connectivity index (χ3n) is 2.97. The van der Waals surface area contributed by atoms with Crippen LogP contribution in [0.3, 0.4) is 0 Å². The maximum Gasteiger partial charge on any atom is 0.257 e. The number of anilines is 1. The standard InChI is InChI=1S/C16H17FN2O/c1-16(2,3)12-6-4-5-7-13(12)19-15(20)11-8-9-14(17)18-10-11/h4-10H,1-3H3,(H,19,20). The summed E-state index contributed by atoms with van der Waals surface area (Å²) in [4.78, 5) is 15.6. The second kappa shape index (κ2) is 5.41. The van der Waals surface area contributed by atoms with Gasteiger partial charge in [0, 0.05) is 11.9 Å². The molecule has 2 aromatic rings. The van der Waals surface area contributed by atoms with Gasteiger partial charge in [0.25, 0.3) is 5.91 Å². The van der Waals surface area contributed by atoms with Gasteiger partial charge in [0.15, 0.2) is 0 Å². The highest BCUT2D eigenvalue weighted by Gasteiger charge is 2.18. The Morgan fingerprint density at radius 3 is 2.45 bits per heavy atom. The zero-order chi connectivity index (χ0) is 14.8. The number of carbonyl (C=O) groups is 1. The van der Waals surface area contributed by atoms with Crippen molar-refractivity contribution in [1.82, 2.24) is 4.98 Å². The van der Waals surface area contributed by atoms with E-state index in [1.807, 2.05) is 24.3 Å². The maximum absolute atomic E-state index is 12.8. The lowest BCUT2D eigenvalue weighted by atomic mass is 9.86. The number of amides is 1. The van der Waals surface area contributed by atoms with Crippen molar-refractivity contribution in [1.29, 1.82) is 0 Å². The Labute approximate surface area is 117 Å². The fourth-order valence-corrected chi connectivity index (χ4v) is 1.95. The Morgan fingerprint density at radius 1 is 1.15 bits per heavy atom. The Balaban J connectivity index is 2.26. The molecule has 0 radical (unpaired) electrons. The summed E-state index contributed by atoms with van der Waals surface area (Å²) < 4.78 is 12.8. The van der Waals surface area contributed by atoms with Crippen molar-refractivity contribution in [2.75, 3.05) is 5.32 Å². The van der Waals surface area contributed by atoms with Crippen molar-refractivity contribution in [3.8, 4) is 0 Å². The molecule has 0 bridgehead atoms. The van der Waals surface area contributed by atoms with E-state index in [1.54, 1.807) is 0 Å². The lowest BCUT2D eigenvalue weighted by Crippen LogP contribution is -2.18. The molecule has 2 rings (SSSR count). The van der Waals surface area contributed by atoms with Gasteiger partial charge in [-0.25, -0.2) is 4.98 Å². The zero-order valence-electron chi connectivity index (χ0n) is 11.8. The first-order valence-corrected chi connectivity index (χ1v) is 6.40. The van der Waals surface area contributed by atoms with Crippen LogP contribution in [0.2, 0.25) is 0 Å². The number of benzene rings is 1. The number of halogens is 1. The van der Waals surface area contributed by atoms with Crippen LogP contribution in [0.1, 0.15) is 36.7 Å². The summed E-state index contributed by atoms with van der Waals surface area (Å²) in [5.74, 6) is -0.897. The van der Waals surface area contributed by atoms with Crippen LogP contribution in [-0.4, -0.2) is 10.9 Å². The van der Waals surface area contributed by atoms with Crippen molar-refractivity contribution >= 4 is 11.6 Å². The van der Waals surface area contributed by atoms with Crippen molar-refractivity contribution < 1.29 is 9.18 Å². The van der Waals surface area contributed by atoms with Gasteiger partial charge in [0.05, 0.1) is 5.56 Å². The van der Waals surface area contributed by atoms with Gasteiger partial charge in [0.2, 0.25) is 5.95 Å². The number of rotatable bonds is 2. The van der Waals surface area contributed by atoms with E-state index >= 15 is 0 Å². The number of nitrogens with zero attached hydrogens (tertiary/aromatic N) is 1. The number of carbonyl (C=O) groups excluding carboxylic acids is 1. The highest BCUT2D eigenvalue weighted by molar-refractivity contribution is 6.04. The van der Waals surface area contributed by atoms with Gasteiger partial charge >= 0.3 is 0 Å². The van der Waals surface area contributed by atoms with Crippen molar-refractivity contribution in [2.24, 2.45) is 0 Å². The van der Waals surface area contributed by atoms with Crippen LogP contribution in [0.15, 0.2) is 42.6 Å². The molecule has 104 valence electrons. The average molecular weight is 272 g/mol. The minimum absolute atomic E-state index is 0.0785. The Bertz CT molecular complexity index is 615. The molecule has 3 nitrogen and oxygen atoms in total. The SMILES string of the molecule is CC(C)(C)c1ccccc1NC(=O)c1ccc(F)nc1. The number of pyridine rings is 1. The largest absolute Gasteiger partial charge is 0.322 e. The third kappa shape index (κ3) is 3.20. The van der Waals surface area contributed by atoms with Crippen molar-refractivity contribution in [3.63, 3.8) is 0 Å². The van der Waals surface area contributed by atoms with E-state index in [0.29, 0.717) is 5.56 Å². The average Bonchev–Trinajstić information content (AvgIpc) is 2.38. The second-order valence-electron chi connectivity index (χ2n) is 5.62. The topological polar surface area (TPSA) is 42.0 Å². The van der Waals surface area contributed by atoms with Gasteiger partial charge in [-0.3, -0.25) is 4.79 Å². The van der Waals surface area contributed by atoms with Gasteiger partial charge in [-0.1, -0.05) is 39.0 Å². The van der Waals surface area contributed by atoms with E-state index in [0.717, 1.165) is 11.3 Å². The highest BCUT2D eigenvalue weighted by atomic mass is 19.1. The normalized spacial score (nSPS) is 11.2. The predicted molar refractivity (Wildman–Crippen MR) is 77.3 cm³/mol. The number of hydrogen-bond donors (Lipinski definition) is 1. The number of para-hydroxylation sites is 1. The van der Waals surface area contributed by atoms with Crippen LogP contribution in [0.25, 0.3) is 0 Å². The molecule has 0 saturated carbocycles. The molecule has 0 aliphatic rings. The smallest absolute Gasteiger partial charge is 0.257 e. The lowest BCUT2D eigenvalue weighted by molar-refractivity contribution is 0.102. The summed E-state index contributed by atoms with van der Waals surface area (Å²) in [6, 6.07) is 10.2. The number of aromatic nitrogens is 1. The van der Waals surface area contributed by atoms with E-state index in [9.17, 15) is 9.18 Å². The number of nitrogens with one attached hydrogen (secondary N) is 1. The molecule has 0 saturated heterocycles. The zero-order valence-corrected chi connectivity index (χ0v) is 11.8. The van der Waals surface area contributed by atoms with Crippen LogP contribution in [0.4, 0.5) is 10.1 Å². The van der Waals surface area contributed by atoms with Crippen molar-refractivity contribution in [3.05, 3.63) is 59.7 Å². The maximum atomic E-state index is 12.8. The van der Waals surface area contributed by atoms with Crippen LogP contribution < -0.4 is 5.32 Å². The fourth-order valence-electron chi connectivity index (χ4n) is 1.95. The first-order valence-electron chi connectivity index (χ1n) is 6.40. The summed E-state index contributed by atoms with van der Waals surface area (Å²) in [6.45, 7) is 6.24. The number of hydrogen-bond acceptors (Lipinski definition) is 2. The molecular weight excluding hydrogens is 255 g/mol. The van der Waals surface area contributed by atoms with Gasteiger partial charge in [-0.15, -0.1) is 0 Å². The third-order valence-corrected chi connectivity index (χ3v) is 2.97. The van der Waals surface area contributed by atoms with Crippen LogP contribution in [0.5, 0.6) is 0 Å². The molecular formula is C16H17FN2O. The molecule has 4 heteroatoms.